The Morgan fingerprint density at radius 3 is 2.33 bits per heavy atom. The van der Waals surface area contributed by atoms with Crippen LogP contribution < -0.4 is 19.5 Å². The number of methoxy groups -OCH3 is 2. The topological polar surface area (TPSA) is 56.8 Å². The van der Waals surface area contributed by atoms with Gasteiger partial charge in [-0.1, -0.05) is 19.9 Å². The van der Waals surface area contributed by atoms with Crippen LogP contribution in [0.3, 0.4) is 0 Å². The lowest BCUT2D eigenvalue weighted by molar-refractivity contribution is -0.123. The Kier molecular flexibility index (Phi) is 7.54. The zero-order chi connectivity index (χ0) is 20.0. The van der Waals surface area contributed by atoms with Crippen molar-refractivity contribution in [2.75, 3.05) is 20.8 Å². The molecule has 0 aromatic heterocycles. The maximum absolute atomic E-state index is 12.3. The minimum absolute atomic E-state index is 0.0732. The maximum Gasteiger partial charge on any atom is 0.258 e. The summed E-state index contributed by atoms with van der Waals surface area (Å²) in [7, 11) is 3.20. The van der Waals surface area contributed by atoms with Crippen molar-refractivity contribution in [1.82, 2.24) is 5.32 Å². The lowest BCUT2D eigenvalue weighted by Gasteiger charge is -2.18. The summed E-state index contributed by atoms with van der Waals surface area (Å²) in [6, 6.07) is 11.1. The predicted molar refractivity (Wildman–Crippen MR) is 110 cm³/mol. The van der Waals surface area contributed by atoms with E-state index in [-0.39, 0.29) is 18.6 Å². The van der Waals surface area contributed by atoms with Crippen LogP contribution in [0.25, 0.3) is 0 Å². The molecule has 0 radical (unpaired) electrons. The van der Waals surface area contributed by atoms with Gasteiger partial charge in [-0.15, -0.1) is 0 Å². The Balaban J connectivity index is 2.00. The van der Waals surface area contributed by atoms with Gasteiger partial charge in [-0.25, -0.2) is 0 Å². The number of ether oxygens (including phenoxy) is 3. The number of hydrogen-bond donors (Lipinski definition) is 1. The van der Waals surface area contributed by atoms with Crippen LogP contribution in [0, 0.1) is 0 Å². The van der Waals surface area contributed by atoms with Crippen LogP contribution in [-0.4, -0.2) is 26.7 Å². The van der Waals surface area contributed by atoms with Crippen molar-refractivity contribution >= 4 is 21.8 Å². The van der Waals surface area contributed by atoms with Crippen molar-refractivity contribution in [2.45, 2.75) is 32.7 Å². The third-order valence-electron chi connectivity index (χ3n) is 4.26. The fraction of sp³-hybridized carbons (Fsp3) is 0.381. The Labute approximate surface area is 169 Å². The number of hydrogen-bond acceptors (Lipinski definition) is 4. The first-order chi connectivity index (χ1) is 12.8. The molecule has 0 unspecified atom stereocenters. The van der Waals surface area contributed by atoms with Crippen molar-refractivity contribution < 1.29 is 19.0 Å². The summed E-state index contributed by atoms with van der Waals surface area (Å²) < 4.78 is 17.1. The molecule has 0 heterocycles. The molecule has 1 N–H and O–H groups in total. The van der Waals surface area contributed by atoms with Gasteiger partial charge in [0.15, 0.2) is 6.61 Å². The fourth-order valence-corrected chi connectivity index (χ4v) is 3.19. The van der Waals surface area contributed by atoms with Crippen molar-refractivity contribution in [1.29, 1.82) is 0 Å². The van der Waals surface area contributed by atoms with Gasteiger partial charge in [-0.05, 0) is 64.7 Å². The molecule has 0 spiro atoms. The Bertz CT molecular complexity index is 792. The van der Waals surface area contributed by atoms with Crippen LogP contribution in [0.4, 0.5) is 0 Å². The molecule has 0 fully saturated rings. The molecule has 2 aromatic rings. The van der Waals surface area contributed by atoms with Crippen molar-refractivity contribution in [3.63, 3.8) is 0 Å². The molecule has 0 saturated carbocycles. The standard InChI is InChI=1S/C21H26BrNO4/c1-13(2)15-6-8-20(18(22)10-15)27-12-21(24)23-14(3)17-11-16(25-4)7-9-19(17)26-5/h6-11,13-14H,12H2,1-5H3,(H,23,24)/t14-/m0/s1. The predicted octanol–water partition coefficient (Wildman–Crippen LogP) is 4.85. The van der Waals surface area contributed by atoms with Crippen molar-refractivity contribution in [3.05, 3.63) is 52.0 Å². The summed E-state index contributed by atoms with van der Waals surface area (Å²) in [6.07, 6.45) is 0. The Hall–Kier alpha value is -2.21. The van der Waals surface area contributed by atoms with Crippen LogP contribution in [0.2, 0.25) is 0 Å². The first-order valence-corrected chi connectivity index (χ1v) is 9.58. The smallest absolute Gasteiger partial charge is 0.258 e. The van der Waals surface area contributed by atoms with Gasteiger partial charge in [0.2, 0.25) is 0 Å². The van der Waals surface area contributed by atoms with Gasteiger partial charge in [-0.2, -0.15) is 0 Å². The van der Waals surface area contributed by atoms with Gasteiger partial charge in [0.05, 0.1) is 24.7 Å². The van der Waals surface area contributed by atoms with E-state index in [2.05, 4.69) is 35.1 Å². The largest absolute Gasteiger partial charge is 0.497 e. The highest BCUT2D eigenvalue weighted by Crippen LogP contribution is 2.30. The number of amides is 1. The monoisotopic (exact) mass is 435 g/mol. The summed E-state index contributed by atoms with van der Waals surface area (Å²) in [5.41, 5.74) is 2.05. The van der Waals surface area contributed by atoms with E-state index in [1.54, 1.807) is 14.2 Å². The lowest BCUT2D eigenvalue weighted by Crippen LogP contribution is -2.31. The third-order valence-corrected chi connectivity index (χ3v) is 4.88. The van der Waals surface area contributed by atoms with E-state index in [0.717, 1.165) is 10.0 Å². The first kappa shape index (κ1) is 21.1. The van der Waals surface area contributed by atoms with Crippen LogP contribution >= 0.6 is 15.9 Å². The average molecular weight is 436 g/mol. The molecule has 6 heteroatoms. The summed E-state index contributed by atoms with van der Waals surface area (Å²) in [6.45, 7) is 6.08. The number of benzene rings is 2. The summed E-state index contributed by atoms with van der Waals surface area (Å²) in [5, 5.41) is 2.93. The normalized spacial score (nSPS) is 11.8. The van der Waals surface area contributed by atoms with E-state index in [9.17, 15) is 4.79 Å². The molecule has 5 nitrogen and oxygen atoms in total. The van der Waals surface area contributed by atoms with Gasteiger partial charge in [-0.3, -0.25) is 4.79 Å². The second-order valence-corrected chi connectivity index (χ2v) is 7.38. The highest BCUT2D eigenvalue weighted by atomic mass is 79.9. The maximum atomic E-state index is 12.3. The minimum atomic E-state index is -0.252. The number of halogens is 1. The molecule has 0 bridgehead atoms. The van der Waals surface area contributed by atoms with E-state index in [1.807, 2.05) is 43.3 Å². The van der Waals surface area contributed by atoms with Gasteiger partial charge in [0.25, 0.3) is 5.91 Å². The molecule has 2 rings (SSSR count). The molecule has 1 amide bonds. The van der Waals surface area contributed by atoms with Crippen LogP contribution in [0.15, 0.2) is 40.9 Å². The Morgan fingerprint density at radius 1 is 1.04 bits per heavy atom. The molecule has 0 saturated heterocycles. The molecular formula is C21H26BrNO4. The molecular weight excluding hydrogens is 410 g/mol. The van der Waals surface area contributed by atoms with E-state index in [4.69, 9.17) is 14.2 Å². The fourth-order valence-electron chi connectivity index (χ4n) is 2.68. The van der Waals surface area contributed by atoms with Crippen molar-refractivity contribution in [2.24, 2.45) is 0 Å². The highest BCUT2D eigenvalue weighted by molar-refractivity contribution is 9.10. The highest BCUT2D eigenvalue weighted by Gasteiger charge is 2.16. The van der Waals surface area contributed by atoms with Crippen LogP contribution in [-0.2, 0) is 4.79 Å². The van der Waals surface area contributed by atoms with E-state index in [0.29, 0.717) is 23.2 Å². The molecule has 0 aliphatic rings. The van der Waals surface area contributed by atoms with Crippen LogP contribution in [0.5, 0.6) is 17.2 Å². The molecule has 1 atom stereocenters. The van der Waals surface area contributed by atoms with Crippen LogP contribution in [0.1, 0.15) is 43.9 Å². The molecule has 27 heavy (non-hydrogen) atoms. The lowest BCUT2D eigenvalue weighted by atomic mass is 10.0. The SMILES string of the molecule is COc1ccc(OC)c([C@H](C)NC(=O)COc2ccc(C(C)C)cc2Br)c1. The average Bonchev–Trinajstić information content (AvgIpc) is 2.66. The van der Waals surface area contributed by atoms with E-state index in [1.165, 1.54) is 5.56 Å². The molecule has 146 valence electrons. The van der Waals surface area contributed by atoms with E-state index < -0.39 is 0 Å². The summed E-state index contributed by atoms with van der Waals surface area (Å²) >= 11 is 3.50. The number of carbonyl (C=O) groups excluding carboxylic acids is 1. The molecule has 0 aliphatic heterocycles. The second-order valence-electron chi connectivity index (χ2n) is 6.53. The minimum Gasteiger partial charge on any atom is -0.497 e. The first-order valence-electron chi connectivity index (χ1n) is 8.79. The zero-order valence-corrected chi connectivity index (χ0v) is 17.9. The number of nitrogens with one attached hydrogen (secondary N) is 1. The second kappa shape index (κ2) is 9.65. The van der Waals surface area contributed by atoms with Gasteiger partial charge in [0.1, 0.15) is 17.2 Å². The van der Waals surface area contributed by atoms with E-state index >= 15 is 0 Å². The van der Waals surface area contributed by atoms with Gasteiger partial charge in [0, 0.05) is 5.56 Å². The summed E-state index contributed by atoms with van der Waals surface area (Å²) in [5.74, 6) is 2.25. The quantitative estimate of drug-likeness (QED) is 0.643. The summed E-state index contributed by atoms with van der Waals surface area (Å²) in [4.78, 5) is 12.3. The molecule has 2 aromatic carbocycles. The number of carbonyl (C=O) groups is 1. The molecule has 0 aliphatic carbocycles. The van der Waals surface area contributed by atoms with Crippen molar-refractivity contribution in [3.8, 4) is 17.2 Å². The number of rotatable bonds is 8. The van der Waals surface area contributed by atoms with Gasteiger partial charge >= 0.3 is 0 Å². The van der Waals surface area contributed by atoms with Gasteiger partial charge < -0.3 is 19.5 Å². The Morgan fingerprint density at radius 2 is 1.74 bits per heavy atom. The third kappa shape index (κ3) is 5.63. The zero-order valence-electron chi connectivity index (χ0n) is 16.3.